The molecule has 1 N–H and O–H groups in total. The van der Waals surface area contributed by atoms with Crippen LogP contribution in [0, 0.1) is 0 Å². The van der Waals surface area contributed by atoms with Gasteiger partial charge in [-0.1, -0.05) is 25.1 Å². The third kappa shape index (κ3) is 3.54. The van der Waals surface area contributed by atoms with Crippen molar-refractivity contribution in [2.24, 2.45) is 0 Å². The average molecular weight is 404 g/mol. The van der Waals surface area contributed by atoms with Crippen LogP contribution in [0.2, 0.25) is 0 Å². The highest BCUT2D eigenvalue weighted by molar-refractivity contribution is 7.11. The second kappa shape index (κ2) is 7.93. The Balaban J connectivity index is 1.73. The Kier molecular flexibility index (Phi) is 5.18. The molecule has 0 radical (unpaired) electrons. The maximum absolute atomic E-state index is 13.3. The molecule has 0 aliphatic carbocycles. The fraction of sp³-hybridized carbons (Fsp3) is 0.130. The molecule has 3 aromatic rings. The molecule has 0 bridgehead atoms. The van der Waals surface area contributed by atoms with Gasteiger partial charge in [-0.25, -0.2) is 4.90 Å². The predicted molar refractivity (Wildman–Crippen MR) is 116 cm³/mol. The summed E-state index contributed by atoms with van der Waals surface area (Å²) in [5.41, 5.74) is 3.09. The number of anilines is 2. The number of ether oxygens (including phenoxy) is 1. The Hall–Kier alpha value is -3.38. The fourth-order valence-electron chi connectivity index (χ4n) is 3.23. The zero-order valence-corrected chi connectivity index (χ0v) is 17.0. The lowest BCUT2D eigenvalue weighted by Crippen LogP contribution is -2.32. The minimum absolute atomic E-state index is 0.280. The molecule has 0 unspecified atom stereocenters. The van der Waals surface area contributed by atoms with E-state index in [4.69, 9.17) is 4.74 Å². The van der Waals surface area contributed by atoms with E-state index in [-0.39, 0.29) is 17.5 Å². The summed E-state index contributed by atoms with van der Waals surface area (Å²) in [5, 5.41) is 5.04. The number of thiophene rings is 1. The molecule has 4 rings (SSSR count). The highest BCUT2D eigenvalue weighted by Crippen LogP contribution is 2.35. The molecule has 2 amide bonds. The van der Waals surface area contributed by atoms with Crippen molar-refractivity contribution >= 4 is 40.1 Å². The highest BCUT2D eigenvalue weighted by Gasteiger charge is 2.40. The smallest absolute Gasteiger partial charge is 0.282 e. The number of amides is 2. The zero-order valence-electron chi connectivity index (χ0n) is 16.1. The topological polar surface area (TPSA) is 58.6 Å². The lowest BCUT2D eigenvalue weighted by Gasteiger charge is -2.16. The number of rotatable bonds is 6. The number of nitrogens with zero attached hydrogens (tertiary/aromatic N) is 1. The largest absolute Gasteiger partial charge is 0.497 e. The average Bonchev–Trinajstić information content (AvgIpc) is 3.36. The Bertz CT molecular complexity index is 1070. The summed E-state index contributed by atoms with van der Waals surface area (Å²) in [7, 11) is 1.60. The number of hydrogen-bond donors (Lipinski definition) is 1. The second-order valence-electron chi connectivity index (χ2n) is 6.55. The van der Waals surface area contributed by atoms with Gasteiger partial charge in [-0.05, 0) is 59.8 Å². The molecule has 1 aliphatic heterocycles. The van der Waals surface area contributed by atoms with Crippen molar-refractivity contribution in [2.75, 3.05) is 17.3 Å². The Morgan fingerprint density at radius 3 is 2.28 bits per heavy atom. The summed E-state index contributed by atoms with van der Waals surface area (Å²) >= 11 is 1.43. The van der Waals surface area contributed by atoms with Crippen LogP contribution in [0.5, 0.6) is 5.75 Å². The highest BCUT2D eigenvalue weighted by atomic mass is 32.1. The number of imide groups is 1. The summed E-state index contributed by atoms with van der Waals surface area (Å²) in [4.78, 5) is 28.5. The van der Waals surface area contributed by atoms with E-state index in [2.05, 4.69) is 12.2 Å². The minimum Gasteiger partial charge on any atom is -0.497 e. The van der Waals surface area contributed by atoms with Crippen LogP contribution in [0.3, 0.4) is 0 Å². The molecular weight excluding hydrogens is 384 g/mol. The number of nitrogens with one attached hydrogen (secondary N) is 1. The summed E-state index contributed by atoms with van der Waals surface area (Å²) in [6.07, 6.45) is 0.894. The molecule has 0 saturated heterocycles. The summed E-state index contributed by atoms with van der Waals surface area (Å²) in [6, 6.07) is 18.5. The third-order valence-electron chi connectivity index (χ3n) is 4.81. The van der Waals surface area contributed by atoms with Gasteiger partial charge in [-0.2, -0.15) is 0 Å². The van der Waals surface area contributed by atoms with E-state index in [0.29, 0.717) is 16.9 Å². The van der Waals surface area contributed by atoms with E-state index in [1.807, 2.05) is 53.9 Å². The molecule has 0 spiro atoms. The number of hydrogen-bond acceptors (Lipinski definition) is 5. The SMILES string of the molecule is CCc1ccc(N2C(=O)C(Nc3ccc(OC)cc3)=C(c3cccs3)C2=O)cc1. The molecular formula is C23H20N2O3S. The Morgan fingerprint density at radius 1 is 0.966 bits per heavy atom. The van der Waals surface area contributed by atoms with Gasteiger partial charge in [0, 0.05) is 10.6 Å². The lowest BCUT2D eigenvalue weighted by atomic mass is 10.1. The predicted octanol–water partition coefficient (Wildman–Crippen LogP) is 4.72. The summed E-state index contributed by atoms with van der Waals surface area (Å²) in [5.74, 6) is 0.0330. The molecule has 0 saturated carbocycles. The van der Waals surface area contributed by atoms with Gasteiger partial charge < -0.3 is 10.1 Å². The van der Waals surface area contributed by atoms with Crippen molar-refractivity contribution in [1.82, 2.24) is 0 Å². The summed E-state index contributed by atoms with van der Waals surface area (Å²) < 4.78 is 5.18. The number of benzene rings is 2. The van der Waals surface area contributed by atoms with Gasteiger partial charge >= 0.3 is 0 Å². The van der Waals surface area contributed by atoms with Crippen molar-refractivity contribution < 1.29 is 14.3 Å². The van der Waals surface area contributed by atoms with Crippen LogP contribution in [0.25, 0.3) is 5.57 Å². The third-order valence-corrected chi connectivity index (χ3v) is 5.70. The van der Waals surface area contributed by atoms with E-state index < -0.39 is 0 Å². The van der Waals surface area contributed by atoms with E-state index in [1.165, 1.54) is 16.2 Å². The molecule has 5 nitrogen and oxygen atoms in total. The van der Waals surface area contributed by atoms with Gasteiger partial charge in [0.05, 0.1) is 18.4 Å². The first-order valence-electron chi connectivity index (χ1n) is 9.29. The van der Waals surface area contributed by atoms with Crippen LogP contribution in [-0.4, -0.2) is 18.9 Å². The maximum atomic E-state index is 13.3. The van der Waals surface area contributed by atoms with Gasteiger partial charge in [0.1, 0.15) is 11.4 Å². The standard InChI is InChI=1S/C23H20N2O3S/c1-3-15-6-10-17(11-7-15)25-22(26)20(19-5-4-14-29-19)21(23(25)27)24-16-8-12-18(28-2)13-9-16/h4-14,24H,3H2,1-2H3. The molecule has 2 aromatic carbocycles. The van der Waals surface area contributed by atoms with Crippen molar-refractivity contribution in [3.8, 4) is 5.75 Å². The molecule has 29 heavy (non-hydrogen) atoms. The normalized spacial score (nSPS) is 13.9. The zero-order chi connectivity index (χ0) is 20.4. The first-order valence-corrected chi connectivity index (χ1v) is 10.2. The Labute approximate surface area is 173 Å². The minimum atomic E-state index is -0.363. The molecule has 2 heterocycles. The van der Waals surface area contributed by atoms with E-state index in [1.54, 1.807) is 19.2 Å². The lowest BCUT2D eigenvalue weighted by molar-refractivity contribution is -0.120. The van der Waals surface area contributed by atoms with Crippen molar-refractivity contribution in [2.45, 2.75) is 13.3 Å². The van der Waals surface area contributed by atoms with Crippen LogP contribution in [0.4, 0.5) is 11.4 Å². The molecule has 0 fully saturated rings. The van der Waals surface area contributed by atoms with Crippen molar-refractivity contribution in [3.05, 3.63) is 82.2 Å². The van der Waals surface area contributed by atoms with Crippen LogP contribution >= 0.6 is 11.3 Å². The number of methoxy groups -OCH3 is 1. The molecule has 0 atom stereocenters. The monoisotopic (exact) mass is 404 g/mol. The van der Waals surface area contributed by atoms with Crippen molar-refractivity contribution in [3.63, 3.8) is 0 Å². The van der Waals surface area contributed by atoms with E-state index >= 15 is 0 Å². The van der Waals surface area contributed by atoms with Crippen LogP contribution in [0.15, 0.2) is 71.7 Å². The van der Waals surface area contributed by atoms with Crippen LogP contribution < -0.4 is 15.0 Å². The Morgan fingerprint density at radius 2 is 1.69 bits per heavy atom. The van der Waals surface area contributed by atoms with Crippen LogP contribution in [-0.2, 0) is 16.0 Å². The first-order chi connectivity index (χ1) is 14.1. The molecule has 6 heteroatoms. The van der Waals surface area contributed by atoms with E-state index in [0.717, 1.165) is 22.6 Å². The van der Waals surface area contributed by atoms with Crippen LogP contribution in [0.1, 0.15) is 17.4 Å². The van der Waals surface area contributed by atoms with Gasteiger partial charge in [-0.15, -0.1) is 11.3 Å². The van der Waals surface area contributed by atoms with E-state index in [9.17, 15) is 9.59 Å². The van der Waals surface area contributed by atoms with Crippen molar-refractivity contribution in [1.29, 1.82) is 0 Å². The molecule has 1 aromatic heterocycles. The van der Waals surface area contributed by atoms with Gasteiger partial charge in [0.15, 0.2) is 0 Å². The molecule has 1 aliphatic rings. The van der Waals surface area contributed by atoms with Gasteiger partial charge in [-0.3, -0.25) is 9.59 Å². The quantitative estimate of drug-likeness (QED) is 0.604. The molecule has 146 valence electrons. The number of carbonyl (C=O) groups excluding carboxylic acids is 2. The van der Waals surface area contributed by atoms with Gasteiger partial charge in [0.2, 0.25) is 0 Å². The number of carbonyl (C=O) groups is 2. The maximum Gasteiger partial charge on any atom is 0.282 e. The van der Waals surface area contributed by atoms with Gasteiger partial charge in [0.25, 0.3) is 11.8 Å². The summed E-state index contributed by atoms with van der Waals surface area (Å²) in [6.45, 7) is 2.06. The first kappa shape index (κ1) is 19.0. The second-order valence-corrected chi connectivity index (χ2v) is 7.49. The fourth-order valence-corrected chi connectivity index (χ4v) is 4.00. The number of aryl methyl sites for hydroxylation is 1.